The molecule has 0 atom stereocenters. The molecule has 24 heavy (non-hydrogen) atoms. The van der Waals surface area contributed by atoms with E-state index < -0.39 is 0 Å². The van der Waals surface area contributed by atoms with Crippen molar-refractivity contribution in [3.05, 3.63) is 57.9 Å². The average Bonchev–Trinajstić information content (AvgIpc) is 3.19. The van der Waals surface area contributed by atoms with Crippen LogP contribution in [0, 0.1) is 0 Å². The number of anilines is 1. The van der Waals surface area contributed by atoms with Crippen LogP contribution in [0.2, 0.25) is 0 Å². The van der Waals surface area contributed by atoms with Crippen molar-refractivity contribution >= 4 is 34.4 Å². The zero-order chi connectivity index (χ0) is 17.1. The van der Waals surface area contributed by atoms with Crippen molar-refractivity contribution in [2.45, 2.75) is 26.7 Å². The topological polar surface area (TPSA) is 49.4 Å². The minimum absolute atomic E-state index is 0.211. The maximum Gasteiger partial charge on any atom is 0.278 e. The molecular formula is C19H20N2O2S. The second-order valence-corrected chi connectivity index (χ2v) is 6.61. The number of amides is 2. The second kappa shape index (κ2) is 7.01. The van der Waals surface area contributed by atoms with Gasteiger partial charge in [-0.05, 0) is 42.0 Å². The fraction of sp³-hybridized carbons (Fsp3) is 0.263. The molecule has 4 nitrogen and oxygen atoms in total. The summed E-state index contributed by atoms with van der Waals surface area (Å²) in [4.78, 5) is 27.6. The number of imide groups is 1. The first-order valence-corrected chi connectivity index (χ1v) is 9.04. The summed E-state index contributed by atoms with van der Waals surface area (Å²) in [5.41, 5.74) is 2.90. The summed E-state index contributed by atoms with van der Waals surface area (Å²) in [6.45, 7) is 4.49. The Morgan fingerprint density at radius 3 is 2.38 bits per heavy atom. The number of carbonyl (C=O) groups excluding carboxylic acids is 2. The number of hydrogen-bond acceptors (Lipinski definition) is 4. The summed E-state index contributed by atoms with van der Waals surface area (Å²) < 4.78 is 0. The monoisotopic (exact) mass is 340 g/mol. The standard InChI is InChI=1S/C19H20N2O2S/c1-3-11-21-18(22)16(15-6-5-12-24-15)17(19(21)23)20-14-9-7-13(4-2)8-10-14/h5-10,12,20H,3-4,11H2,1-2H3. The zero-order valence-electron chi connectivity index (χ0n) is 13.8. The highest BCUT2D eigenvalue weighted by Gasteiger charge is 2.39. The van der Waals surface area contributed by atoms with Crippen LogP contribution >= 0.6 is 11.3 Å². The zero-order valence-corrected chi connectivity index (χ0v) is 14.7. The number of rotatable bonds is 6. The van der Waals surface area contributed by atoms with Crippen molar-refractivity contribution in [1.82, 2.24) is 4.90 Å². The molecule has 3 rings (SSSR count). The van der Waals surface area contributed by atoms with Crippen molar-refractivity contribution in [2.24, 2.45) is 0 Å². The van der Waals surface area contributed by atoms with Gasteiger partial charge in [0.25, 0.3) is 11.8 Å². The van der Waals surface area contributed by atoms with Gasteiger partial charge >= 0.3 is 0 Å². The normalized spacial score (nSPS) is 14.7. The minimum atomic E-state index is -0.246. The van der Waals surface area contributed by atoms with E-state index in [9.17, 15) is 9.59 Å². The Bertz CT molecular complexity index is 776. The molecule has 5 heteroatoms. The quantitative estimate of drug-likeness (QED) is 0.811. The van der Waals surface area contributed by atoms with Gasteiger partial charge in [0, 0.05) is 17.1 Å². The second-order valence-electron chi connectivity index (χ2n) is 5.66. The van der Waals surface area contributed by atoms with E-state index in [2.05, 4.69) is 12.2 Å². The van der Waals surface area contributed by atoms with Gasteiger partial charge in [0.05, 0.1) is 5.57 Å². The molecule has 0 unspecified atom stereocenters. The number of aryl methyl sites for hydroxylation is 1. The third kappa shape index (κ3) is 2.99. The Morgan fingerprint density at radius 1 is 1.04 bits per heavy atom. The number of carbonyl (C=O) groups is 2. The number of benzene rings is 1. The van der Waals surface area contributed by atoms with Crippen molar-refractivity contribution in [2.75, 3.05) is 11.9 Å². The molecule has 0 aliphatic carbocycles. The summed E-state index contributed by atoms with van der Waals surface area (Å²) in [5.74, 6) is -0.457. The Labute approximate surface area is 145 Å². The van der Waals surface area contributed by atoms with E-state index in [1.165, 1.54) is 21.8 Å². The molecular weight excluding hydrogens is 320 g/mol. The third-order valence-corrected chi connectivity index (χ3v) is 4.90. The van der Waals surface area contributed by atoms with E-state index in [-0.39, 0.29) is 11.8 Å². The molecule has 0 radical (unpaired) electrons. The van der Waals surface area contributed by atoms with Gasteiger partial charge < -0.3 is 5.32 Å². The van der Waals surface area contributed by atoms with Gasteiger partial charge in [0.2, 0.25) is 0 Å². The molecule has 1 aliphatic rings. The van der Waals surface area contributed by atoms with Crippen LogP contribution in [-0.2, 0) is 16.0 Å². The SMILES string of the molecule is CCCN1C(=O)C(Nc2ccc(CC)cc2)=C(c2cccs2)C1=O. The van der Waals surface area contributed by atoms with Crippen LogP contribution in [0.25, 0.3) is 5.57 Å². The molecule has 0 saturated heterocycles. The van der Waals surface area contributed by atoms with Gasteiger partial charge in [0.15, 0.2) is 0 Å². The van der Waals surface area contributed by atoms with Crippen LogP contribution in [-0.4, -0.2) is 23.3 Å². The van der Waals surface area contributed by atoms with Crippen LogP contribution in [0.5, 0.6) is 0 Å². The van der Waals surface area contributed by atoms with Crippen LogP contribution in [0.4, 0.5) is 5.69 Å². The molecule has 0 bridgehead atoms. The third-order valence-electron chi connectivity index (χ3n) is 4.01. The number of nitrogens with zero attached hydrogens (tertiary/aromatic N) is 1. The molecule has 2 heterocycles. The van der Waals surface area contributed by atoms with E-state index in [1.54, 1.807) is 0 Å². The molecule has 0 fully saturated rings. The maximum atomic E-state index is 12.7. The first kappa shape index (κ1) is 16.5. The number of nitrogens with one attached hydrogen (secondary N) is 1. The lowest BCUT2D eigenvalue weighted by Crippen LogP contribution is -2.33. The van der Waals surface area contributed by atoms with Gasteiger partial charge in [-0.25, -0.2) is 0 Å². The molecule has 2 aromatic rings. The van der Waals surface area contributed by atoms with Gasteiger partial charge in [-0.3, -0.25) is 14.5 Å². The summed E-state index contributed by atoms with van der Waals surface area (Å²) in [5, 5.41) is 5.09. The largest absolute Gasteiger partial charge is 0.350 e. The Kier molecular flexibility index (Phi) is 4.81. The predicted molar refractivity (Wildman–Crippen MR) is 97.7 cm³/mol. The van der Waals surface area contributed by atoms with Gasteiger partial charge in [0.1, 0.15) is 5.70 Å². The van der Waals surface area contributed by atoms with Crippen molar-refractivity contribution in [1.29, 1.82) is 0 Å². The van der Waals surface area contributed by atoms with Gasteiger partial charge in [-0.15, -0.1) is 11.3 Å². The van der Waals surface area contributed by atoms with Crippen LogP contribution in [0.15, 0.2) is 47.5 Å². The highest BCUT2D eigenvalue weighted by atomic mass is 32.1. The van der Waals surface area contributed by atoms with E-state index >= 15 is 0 Å². The number of thiophene rings is 1. The smallest absolute Gasteiger partial charge is 0.278 e. The average molecular weight is 340 g/mol. The molecule has 1 aliphatic heterocycles. The Hall–Kier alpha value is -2.40. The van der Waals surface area contributed by atoms with Crippen molar-refractivity contribution < 1.29 is 9.59 Å². The van der Waals surface area contributed by atoms with Gasteiger partial charge in [-0.1, -0.05) is 32.0 Å². The van der Waals surface area contributed by atoms with Crippen molar-refractivity contribution in [3.63, 3.8) is 0 Å². The van der Waals surface area contributed by atoms with Gasteiger partial charge in [-0.2, -0.15) is 0 Å². The lowest BCUT2D eigenvalue weighted by molar-refractivity contribution is -0.136. The Balaban J connectivity index is 1.98. The van der Waals surface area contributed by atoms with Crippen LogP contribution in [0.1, 0.15) is 30.7 Å². The maximum absolute atomic E-state index is 12.7. The fourth-order valence-corrected chi connectivity index (χ4v) is 3.50. The van der Waals surface area contributed by atoms with E-state index in [0.29, 0.717) is 17.8 Å². The molecule has 0 saturated carbocycles. The van der Waals surface area contributed by atoms with E-state index in [0.717, 1.165) is 23.4 Å². The minimum Gasteiger partial charge on any atom is -0.350 e. The lowest BCUT2D eigenvalue weighted by Gasteiger charge is -2.13. The predicted octanol–water partition coefficient (Wildman–Crippen LogP) is 3.91. The van der Waals surface area contributed by atoms with Crippen LogP contribution < -0.4 is 5.32 Å². The summed E-state index contributed by atoms with van der Waals surface area (Å²) in [6.07, 6.45) is 1.71. The highest BCUT2D eigenvalue weighted by Crippen LogP contribution is 2.32. The van der Waals surface area contributed by atoms with Crippen molar-refractivity contribution in [3.8, 4) is 0 Å². The van der Waals surface area contributed by atoms with E-state index in [1.807, 2.05) is 48.7 Å². The highest BCUT2D eigenvalue weighted by molar-refractivity contribution is 7.11. The van der Waals surface area contributed by atoms with E-state index in [4.69, 9.17) is 0 Å². The summed E-state index contributed by atoms with van der Waals surface area (Å²) in [7, 11) is 0. The molecule has 2 amide bonds. The molecule has 0 spiro atoms. The number of hydrogen-bond donors (Lipinski definition) is 1. The molecule has 1 N–H and O–H groups in total. The first-order chi connectivity index (χ1) is 11.7. The lowest BCUT2D eigenvalue weighted by atomic mass is 10.1. The first-order valence-electron chi connectivity index (χ1n) is 8.16. The Morgan fingerprint density at radius 2 is 1.79 bits per heavy atom. The molecule has 1 aromatic heterocycles. The summed E-state index contributed by atoms with van der Waals surface area (Å²) in [6, 6.07) is 11.7. The summed E-state index contributed by atoms with van der Waals surface area (Å²) >= 11 is 1.47. The fourth-order valence-electron chi connectivity index (χ4n) is 2.74. The van der Waals surface area contributed by atoms with Crippen LogP contribution in [0.3, 0.4) is 0 Å². The molecule has 1 aromatic carbocycles. The molecule has 124 valence electrons.